The summed E-state index contributed by atoms with van der Waals surface area (Å²) in [5.41, 5.74) is 3.72. The largest absolute Gasteiger partial charge is 0.361 e. The van der Waals surface area contributed by atoms with Crippen molar-refractivity contribution >= 4 is 17.6 Å². The van der Waals surface area contributed by atoms with Crippen molar-refractivity contribution in [3.63, 3.8) is 0 Å². The molecule has 9 heteroatoms. The van der Waals surface area contributed by atoms with Gasteiger partial charge in [-0.05, 0) is 38.8 Å². The number of nitrogens with one attached hydrogen (secondary N) is 1. The molecule has 4 rings (SSSR count). The van der Waals surface area contributed by atoms with Crippen molar-refractivity contribution in [2.45, 2.75) is 46.1 Å². The van der Waals surface area contributed by atoms with E-state index in [9.17, 15) is 9.59 Å². The second-order valence-corrected chi connectivity index (χ2v) is 7.92. The quantitative estimate of drug-likeness (QED) is 0.628. The second kappa shape index (κ2) is 8.79. The normalized spacial score (nSPS) is 13.3. The molecular formula is C22H28N6O3. The number of carbonyl (C=O) groups excluding carboxylic acids is 2. The van der Waals surface area contributed by atoms with Crippen LogP contribution >= 0.6 is 0 Å². The van der Waals surface area contributed by atoms with Crippen LogP contribution in [0.5, 0.6) is 0 Å². The maximum absolute atomic E-state index is 12.9. The molecule has 0 radical (unpaired) electrons. The summed E-state index contributed by atoms with van der Waals surface area (Å²) in [4.78, 5) is 26.8. The number of rotatable bonds is 7. The van der Waals surface area contributed by atoms with Crippen LogP contribution in [0.25, 0.3) is 11.4 Å². The number of carbonyl (C=O) groups is 2. The summed E-state index contributed by atoms with van der Waals surface area (Å²) in [6.45, 7) is 5.67. The molecule has 1 aliphatic heterocycles. The molecule has 0 saturated carbocycles. The van der Waals surface area contributed by atoms with E-state index >= 15 is 0 Å². The number of nitrogens with zero attached hydrogens (tertiary/aromatic N) is 5. The number of aromatic nitrogens is 4. The molecule has 9 nitrogen and oxygen atoms in total. The fraction of sp³-hybridized carbons (Fsp3) is 0.455. The minimum absolute atomic E-state index is 0.0554. The van der Waals surface area contributed by atoms with Gasteiger partial charge in [-0.15, -0.1) is 0 Å². The zero-order valence-corrected chi connectivity index (χ0v) is 18.2. The summed E-state index contributed by atoms with van der Waals surface area (Å²) < 4.78 is 9.03. The smallest absolute Gasteiger partial charge is 0.228 e. The summed E-state index contributed by atoms with van der Waals surface area (Å²) >= 11 is 0. The van der Waals surface area contributed by atoms with Crippen LogP contribution in [0, 0.1) is 13.8 Å². The number of amides is 2. The van der Waals surface area contributed by atoms with Crippen LogP contribution in [0.1, 0.15) is 36.3 Å². The van der Waals surface area contributed by atoms with Gasteiger partial charge in [0.2, 0.25) is 11.8 Å². The highest BCUT2D eigenvalue weighted by Gasteiger charge is 2.25. The van der Waals surface area contributed by atoms with Gasteiger partial charge in [0.25, 0.3) is 0 Å². The van der Waals surface area contributed by atoms with Gasteiger partial charge >= 0.3 is 0 Å². The van der Waals surface area contributed by atoms with Crippen LogP contribution < -0.4 is 10.2 Å². The van der Waals surface area contributed by atoms with E-state index in [0.29, 0.717) is 19.5 Å². The predicted octanol–water partition coefficient (Wildman–Crippen LogP) is 2.37. The van der Waals surface area contributed by atoms with Gasteiger partial charge in [0, 0.05) is 57.4 Å². The lowest BCUT2D eigenvalue weighted by Crippen LogP contribution is -2.38. The standard InChI is InChI=1S/C22H28N6O3/c1-15-17(16(2)31-25-15)9-10-23-20(29)7-8-22(30)27-12-5-13-28-21(27)14-18(24-28)19-6-4-11-26(19)3/h4,6,11,14H,5,7-10,12-13H2,1-3H3,(H,23,29). The van der Waals surface area contributed by atoms with Gasteiger partial charge in [-0.1, -0.05) is 5.16 Å². The molecule has 2 amide bonds. The third kappa shape index (κ3) is 4.40. The SMILES string of the molecule is Cc1noc(C)c1CCNC(=O)CCC(=O)N1CCCn2nc(-c3cccn3C)cc21. The van der Waals surface area contributed by atoms with Crippen molar-refractivity contribution in [2.24, 2.45) is 7.05 Å². The van der Waals surface area contributed by atoms with Crippen LogP contribution in [-0.2, 0) is 29.6 Å². The van der Waals surface area contributed by atoms with E-state index in [1.54, 1.807) is 4.90 Å². The minimum atomic E-state index is -0.130. The summed E-state index contributed by atoms with van der Waals surface area (Å²) in [6.07, 6.45) is 3.81. The van der Waals surface area contributed by atoms with E-state index in [1.165, 1.54) is 0 Å². The second-order valence-electron chi connectivity index (χ2n) is 7.92. The van der Waals surface area contributed by atoms with Crippen LogP contribution in [-0.4, -0.2) is 44.4 Å². The molecule has 4 heterocycles. The first-order valence-electron chi connectivity index (χ1n) is 10.6. The van der Waals surface area contributed by atoms with Gasteiger partial charge in [0.15, 0.2) is 0 Å². The highest BCUT2D eigenvalue weighted by molar-refractivity contribution is 5.95. The first-order valence-corrected chi connectivity index (χ1v) is 10.6. The van der Waals surface area contributed by atoms with Gasteiger partial charge in [-0.25, -0.2) is 4.68 Å². The fourth-order valence-corrected chi connectivity index (χ4v) is 4.02. The zero-order valence-electron chi connectivity index (χ0n) is 18.2. The van der Waals surface area contributed by atoms with E-state index in [0.717, 1.165) is 47.2 Å². The van der Waals surface area contributed by atoms with Crippen molar-refractivity contribution in [3.05, 3.63) is 41.4 Å². The van der Waals surface area contributed by atoms with E-state index in [-0.39, 0.29) is 24.7 Å². The molecule has 1 aliphatic rings. The molecule has 3 aromatic heterocycles. The van der Waals surface area contributed by atoms with Crippen molar-refractivity contribution in [1.29, 1.82) is 0 Å². The molecule has 0 aliphatic carbocycles. The number of anilines is 1. The third-order valence-corrected chi connectivity index (χ3v) is 5.74. The highest BCUT2D eigenvalue weighted by atomic mass is 16.5. The Balaban J connectivity index is 1.32. The van der Waals surface area contributed by atoms with Crippen LogP contribution in [0.15, 0.2) is 28.9 Å². The van der Waals surface area contributed by atoms with Gasteiger partial charge in [-0.3, -0.25) is 14.5 Å². The van der Waals surface area contributed by atoms with Crippen LogP contribution in [0.3, 0.4) is 0 Å². The lowest BCUT2D eigenvalue weighted by atomic mass is 10.1. The molecule has 0 spiro atoms. The first-order chi connectivity index (χ1) is 14.9. The maximum Gasteiger partial charge on any atom is 0.228 e. The summed E-state index contributed by atoms with van der Waals surface area (Å²) in [6, 6.07) is 5.93. The highest BCUT2D eigenvalue weighted by Crippen LogP contribution is 2.28. The minimum Gasteiger partial charge on any atom is -0.361 e. The average Bonchev–Trinajstić information content (AvgIpc) is 3.45. The molecule has 3 aromatic rings. The van der Waals surface area contributed by atoms with Crippen molar-refractivity contribution in [3.8, 4) is 11.4 Å². The van der Waals surface area contributed by atoms with Crippen molar-refractivity contribution < 1.29 is 14.1 Å². The molecule has 0 atom stereocenters. The van der Waals surface area contributed by atoms with Crippen LogP contribution in [0.2, 0.25) is 0 Å². The Hall–Kier alpha value is -3.36. The van der Waals surface area contributed by atoms with E-state index in [4.69, 9.17) is 4.52 Å². The Morgan fingerprint density at radius 2 is 2.06 bits per heavy atom. The topological polar surface area (TPSA) is 98.2 Å². The molecule has 0 bridgehead atoms. The first kappa shape index (κ1) is 20.9. The van der Waals surface area contributed by atoms with Crippen molar-refractivity contribution in [1.82, 2.24) is 24.8 Å². The average molecular weight is 425 g/mol. The van der Waals surface area contributed by atoms with Gasteiger partial charge in [0.1, 0.15) is 17.3 Å². The number of aryl methyl sites for hydroxylation is 4. The van der Waals surface area contributed by atoms with Crippen LogP contribution in [0.4, 0.5) is 5.82 Å². The number of hydrogen-bond acceptors (Lipinski definition) is 5. The Kier molecular flexibility index (Phi) is 5.92. The Morgan fingerprint density at radius 1 is 1.23 bits per heavy atom. The molecule has 1 N–H and O–H groups in total. The van der Waals surface area contributed by atoms with E-state index in [1.807, 2.05) is 54.5 Å². The monoisotopic (exact) mass is 424 g/mol. The third-order valence-electron chi connectivity index (χ3n) is 5.74. The van der Waals surface area contributed by atoms with Gasteiger partial charge < -0.3 is 14.4 Å². The summed E-state index contributed by atoms with van der Waals surface area (Å²) in [5.74, 6) is 1.39. The van der Waals surface area contributed by atoms with Crippen molar-refractivity contribution in [2.75, 3.05) is 18.0 Å². The maximum atomic E-state index is 12.9. The Labute approximate surface area is 181 Å². The number of fused-ring (bicyclic) bond motifs is 1. The summed E-state index contributed by atoms with van der Waals surface area (Å²) in [5, 5.41) is 11.5. The van der Waals surface area contributed by atoms with Gasteiger partial charge in [0.05, 0.1) is 11.4 Å². The Morgan fingerprint density at radius 3 is 2.77 bits per heavy atom. The van der Waals surface area contributed by atoms with E-state index < -0.39 is 0 Å². The molecule has 0 unspecified atom stereocenters. The lowest BCUT2D eigenvalue weighted by Gasteiger charge is -2.27. The molecule has 164 valence electrons. The molecule has 31 heavy (non-hydrogen) atoms. The number of hydrogen-bond donors (Lipinski definition) is 1. The lowest BCUT2D eigenvalue weighted by molar-refractivity contribution is -0.125. The van der Waals surface area contributed by atoms with Gasteiger partial charge in [-0.2, -0.15) is 5.10 Å². The molecule has 0 saturated heterocycles. The molecular weight excluding hydrogens is 396 g/mol. The molecule has 0 fully saturated rings. The van der Waals surface area contributed by atoms with E-state index in [2.05, 4.69) is 15.6 Å². The fourth-order valence-electron chi connectivity index (χ4n) is 4.02. The molecule has 0 aromatic carbocycles. The zero-order chi connectivity index (χ0) is 22.0. The Bertz CT molecular complexity index is 1070. The summed E-state index contributed by atoms with van der Waals surface area (Å²) in [7, 11) is 1.97. The predicted molar refractivity (Wildman–Crippen MR) is 116 cm³/mol.